The average Bonchev–Trinajstić information content (AvgIpc) is 2.68. The van der Waals surface area contributed by atoms with Gasteiger partial charge in [-0.1, -0.05) is 12.1 Å². The van der Waals surface area contributed by atoms with Gasteiger partial charge in [-0.3, -0.25) is 4.99 Å². The molecular weight excluding hydrogens is 342 g/mol. The van der Waals surface area contributed by atoms with Crippen molar-refractivity contribution in [3.8, 4) is 35.1 Å². The minimum atomic E-state index is -0.0548. The molecular formula is C21H13N3O3. The molecule has 0 saturated heterocycles. The van der Waals surface area contributed by atoms with E-state index in [4.69, 9.17) is 15.3 Å². The van der Waals surface area contributed by atoms with Gasteiger partial charge < -0.3 is 14.9 Å². The molecule has 0 aliphatic heterocycles. The molecule has 3 aromatic rings. The van der Waals surface area contributed by atoms with E-state index in [1.54, 1.807) is 36.4 Å². The number of hydrogen-bond acceptors (Lipinski definition) is 6. The van der Waals surface area contributed by atoms with Crippen LogP contribution in [0.2, 0.25) is 0 Å². The van der Waals surface area contributed by atoms with Gasteiger partial charge in [0.05, 0.1) is 11.1 Å². The Morgan fingerprint density at radius 3 is 2.22 bits per heavy atom. The van der Waals surface area contributed by atoms with E-state index in [-0.39, 0.29) is 22.6 Å². The van der Waals surface area contributed by atoms with Crippen LogP contribution in [-0.2, 0) is 0 Å². The Morgan fingerprint density at radius 2 is 1.52 bits per heavy atom. The van der Waals surface area contributed by atoms with Crippen molar-refractivity contribution in [1.29, 1.82) is 10.5 Å². The second kappa shape index (κ2) is 7.73. The van der Waals surface area contributed by atoms with Crippen molar-refractivity contribution in [2.75, 3.05) is 0 Å². The van der Waals surface area contributed by atoms with Crippen LogP contribution >= 0.6 is 0 Å². The number of nitrogens with zero attached hydrogens (tertiary/aromatic N) is 3. The van der Waals surface area contributed by atoms with Crippen molar-refractivity contribution in [3.05, 3.63) is 77.4 Å². The SMILES string of the molecule is N#Cc1ccc(Oc2ccc(C=Nc3ccccc3O)c(O)c2)cc1C#N. The molecule has 0 bridgehead atoms. The van der Waals surface area contributed by atoms with Crippen LogP contribution in [0.15, 0.2) is 65.7 Å². The Morgan fingerprint density at radius 1 is 0.815 bits per heavy atom. The molecule has 0 saturated carbocycles. The fraction of sp³-hybridized carbons (Fsp3) is 0. The molecule has 0 unspecified atom stereocenters. The molecule has 3 rings (SSSR count). The number of rotatable bonds is 4. The third kappa shape index (κ3) is 4.04. The van der Waals surface area contributed by atoms with E-state index in [9.17, 15) is 10.2 Å². The summed E-state index contributed by atoms with van der Waals surface area (Å²) in [6.45, 7) is 0. The van der Waals surface area contributed by atoms with Crippen LogP contribution in [0.4, 0.5) is 5.69 Å². The first-order chi connectivity index (χ1) is 13.1. The Bertz CT molecular complexity index is 1110. The third-order valence-corrected chi connectivity index (χ3v) is 3.69. The minimum absolute atomic E-state index is 0.0438. The van der Waals surface area contributed by atoms with E-state index in [2.05, 4.69) is 4.99 Å². The fourth-order valence-corrected chi connectivity index (χ4v) is 2.32. The number of phenolic OH excluding ortho intramolecular Hbond substituents is 2. The summed E-state index contributed by atoms with van der Waals surface area (Å²) in [6, 6.07) is 19.7. The molecule has 27 heavy (non-hydrogen) atoms. The summed E-state index contributed by atoms with van der Waals surface area (Å²) < 4.78 is 5.63. The predicted molar refractivity (Wildman–Crippen MR) is 99.4 cm³/mol. The van der Waals surface area contributed by atoms with Crippen LogP contribution in [0.1, 0.15) is 16.7 Å². The monoisotopic (exact) mass is 355 g/mol. The lowest BCUT2D eigenvalue weighted by Crippen LogP contribution is -1.90. The maximum Gasteiger partial charge on any atom is 0.141 e. The zero-order chi connectivity index (χ0) is 19.2. The molecule has 3 aromatic carbocycles. The molecule has 0 aliphatic rings. The van der Waals surface area contributed by atoms with E-state index in [0.717, 1.165) is 0 Å². The van der Waals surface area contributed by atoms with Gasteiger partial charge in [0.1, 0.15) is 40.8 Å². The largest absolute Gasteiger partial charge is 0.507 e. The molecule has 0 heterocycles. The van der Waals surface area contributed by atoms with Crippen molar-refractivity contribution in [2.24, 2.45) is 4.99 Å². The van der Waals surface area contributed by atoms with Gasteiger partial charge in [0.25, 0.3) is 0 Å². The molecule has 0 spiro atoms. The lowest BCUT2D eigenvalue weighted by atomic mass is 10.1. The average molecular weight is 355 g/mol. The first kappa shape index (κ1) is 17.5. The van der Waals surface area contributed by atoms with Crippen LogP contribution < -0.4 is 4.74 Å². The highest BCUT2D eigenvalue weighted by atomic mass is 16.5. The second-order valence-electron chi connectivity index (χ2n) is 5.50. The lowest BCUT2D eigenvalue weighted by Gasteiger charge is -2.08. The first-order valence-corrected chi connectivity index (χ1v) is 7.88. The van der Waals surface area contributed by atoms with E-state index in [1.165, 1.54) is 30.5 Å². The van der Waals surface area contributed by atoms with Crippen molar-refractivity contribution in [2.45, 2.75) is 0 Å². The Balaban J connectivity index is 1.80. The van der Waals surface area contributed by atoms with Crippen molar-refractivity contribution < 1.29 is 14.9 Å². The van der Waals surface area contributed by atoms with E-state index in [1.807, 2.05) is 12.1 Å². The van der Waals surface area contributed by atoms with Gasteiger partial charge in [0.15, 0.2) is 0 Å². The molecule has 0 aromatic heterocycles. The number of nitriles is 2. The molecule has 0 atom stereocenters. The van der Waals surface area contributed by atoms with Gasteiger partial charge in [-0.05, 0) is 42.5 Å². The van der Waals surface area contributed by atoms with Gasteiger partial charge in [-0.15, -0.1) is 0 Å². The third-order valence-electron chi connectivity index (χ3n) is 3.69. The Hall–Kier alpha value is -4.29. The smallest absolute Gasteiger partial charge is 0.141 e. The van der Waals surface area contributed by atoms with Crippen LogP contribution in [0.25, 0.3) is 0 Å². The standard InChI is InChI=1S/C21H13N3O3/c22-11-14-5-7-17(9-16(14)12-23)27-18-8-6-15(21(26)10-18)13-24-19-3-1-2-4-20(19)25/h1-10,13,25-26H. The van der Waals surface area contributed by atoms with Gasteiger partial charge in [-0.25, -0.2) is 0 Å². The topological polar surface area (TPSA) is 110 Å². The summed E-state index contributed by atoms with van der Waals surface area (Å²) in [5, 5.41) is 37.9. The number of ether oxygens (including phenoxy) is 1. The molecule has 6 nitrogen and oxygen atoms in total. The van der Waals surface area contributed by atoms with Crippen LogP contribution in [0.3, 0.4) is 0 Å². The molecule has 130 valence electrons. The maximum atomic E-state index is 10.2. The summed E-state index contributed by atoms with van der Waals surface area (Å²) in [6.07, 6.45) is 1.43. The number of para-hydroxylation sites is 2. The summed E-state index contributed by atoms with van der Waals surface area (Å²) in [7, 11) is 0. The quantitative estimate of drug-likeness (QED) is 0.675. The van der Waals surface area contributed by atoms with Gasteiger partial charge in [-0.2, -0.15) is 10.5 Å². The number of aromatic hydroxyl groups is 2. The van der Waals surface area contributed by atoms with E-state index < -0.39 is 0 Å². The molecule has 2 N–H and O–H groups in total. The number of phenols is 2. The Labute approximate surface area is 155 Å². The molecule has 0 amide bonds. The lowest BCUT2D eigenvalue weighted by molar-refractivity contribution is 0.454. The zero-order valence-corrected chi connectivity index (χ0v) is 14.0. The summed E-state index contributed by atoms with van der Waals surface area (Å²) >= 11 is 0. The van der Waals surface area contributed by atoms with Crippen molar-refractivity contribution >= 4 is 11.9 Å². The summed E-state index contributed by atoms with van der Waals surface area (Å²) in [5.41, 5.74) is 1.32. The van der Waals surface area contributed by atoms with Gasteiger partial charge in [0, 0.05) is 17.8 Å². The van der Waals surface area contributed by atoms with Crippen LogP contribution in [0, 0.1) is 22.7 Å². The summed E-state index contributed by atoms with van der Waals surface area (Å²) in [4.78, 5) is 4.15. The predicted octanol–water partition coefficient (Wildman–Crippen LogP) is 4.38. The molecule has 0 radical (unpaired) electrons. The fourth-order valence-electron chi connectivity index (χ4n) is 2.32. The number of aliphatic imine (C=N–C) groups is 1. The summed E-state index contributed by atoms with van der Waals surface area (Å²) in [5.74, 6) is 0.726. The van der Waals surface area contributed by atoms with Crippen molar-refractivity contribution in [3.63, 3.8) is 0 Å². The maximum absolute atomic E-state index is 10.2. The van der Waals surface area contributed by atoms with E-state index >= 15 is 0 Å². The zero-order valence-electron chi connectivity index (χ0n) is 14.0. The number of hydrogen-bond donors (Lipinski definition) is 2. The molecule has 0 fully saturated rings. The van der Waals surface area contributed by atoms with Gasteiger partial charge in [0.2, 0.25) is 0 Å². The minimum Gasteiger partial charge on any atom is -0.507 e. The number of benzene rings is 3. The molecule has 0 aliphatic carbocycles. The van der Waals surface area contributed by atoms with Crippen LogP contribution in [0.5, 0.6) is 23.0 Å². The second-order valence-corrected chi connectivity index (χ2v) is 5.50. The highest BCUT2D eigenvalue weighted by molar-refractivity contribution is 5.86. The molecule has 6 heteroatoms. The van der Waals surface area contributed by atoms with Crippen LogP contribution in [-0.4, -0.2) is 16.4 Å². The van der Waals surface area contributed by atoms with Gasteiger partial charge >= 0.3 is 0 Å². The van der Waals surface area contributed by atoms with Crippen molar-refractivity contribution in [1.82, 2.24) is 0 Å². The highest BCUT2D eigenvalue weighted by Gasteiger charge is 2.07. The normalized spacial score (nSPS) is 10.3. The highest BCUT2D eigenvalue weighted by Crippen LogP contribution is 2.29. The first-order valence-electron chi connectivity index (χ1n) is 7.88. The van der Waals surface area contributed by atoms with E-state index in [0.29, 0.717) is 22.7 Å². The Kier molecular flexibility index (Phi) is 5.02.